The maximum Gasteiger partial charge on any atom is 0.261 e. The minimum absolute atomic E-state index is 0.0315. The summed E-state index contributed by atoms with van der Waals surface area (Å²) in [6.45, 7) is 5.46. The zero-order valence-corrected chi connectivity index (χ0v) is 16.8. The molecule has 8 heteroatoms. The number of hydrogen-bond acceptors (Lipinski definition) is 7. The van der Waals surface area contributed by atoms with Gasteiger partial charge in [-0.2, -0.15) is 0 Å². The Kier molecular flexibility index (Phi) is 4.77. The van der Waals surface area contributed by atoms with Crippen molar-refractivity contribution in [3.8, 4) is 0 Å². The van der Waals surface area contributed by atoms with E-state index in [1.807, 2.05) is 0 Å². The van der Waals surface area contributed by atoms with E-state index in [-0.39, 0.29) is 62.4 Å². The van der Waals surface area contributed by atoms with Crippen LogP contribution in [0.3, 0.4) is 0 Å². The van der Waals surface area contributed by atoms with Gasteiger partial charge in [0, 0.05) is 23.7 Å². The third-order valence-corrected chi connectivity index (χ3v) is 5.45. The summed E-state index contributed by atoms with van der Waals surface area (Å²) in [5.74, 6) is -0.0977. The summed E-state index contributed by atoms with van der Waals surface area (Å²) in [4.78, 5) is 65.3. The van der Waals surface area contributed by atoms with Crippen LogP contribution in [-0.4, -0.2) is 17.3 Å². The number of aromatic nitrogens is 1. The second-order valence-electron chi connectivity index (χ2n) is 7.51. The van der Waals surface area contributed by atoms with Crippen molar-refractivity contribution < 1.29 is 4.79 Å². The van der Waals surface area contributed by atoms with Crippen LogP contribution in [0.15, 0.2) is 55.6 Å². The van der Waals surface area contributed by atoms with Gasteiger partial charge in [0.15, 0.2) is 16.6 Å². The van der Waals surface area contributed by atoms with Gasteiger partial charge in [0.2, 0.25) is 0 Å². The van der Waals surface area contributed by atoms with E-state index in [0.717, 1.165) is 0 Å². The molecule has 8 nitrogen and oxygen atoms in total. The van der Waals surface area contributed by atoms with E-state index in [2.05, 4.69) is 16.9 Å². The maximum atomic E-state index is 13.3. The van der Waals surface area contributed by atoms with Gasteiger partial charge in [-0.05, 0) is 18.9 Å². The number of ketones is 1. The molecule has 156 valence electrons. The predicted octanol–water partition coefficient (Wildman–Crippen LogP) is 1.71. The highest BCUT2D eigenvalue weighted by atomic mass is 16.2. The molecule has 0 amide bonds. The molecular formula is C23H19N3O5. The van der Waals surface area contributed by atoms with Crippen molar-refractivity contribution in [2.45, 2.75) is 19.8 Å². The van der Waals surface area contributed by atoms with Crippen LogP contribution in [0.4, 0.5) is 11.4 Å². The van der Waals surface area contributed by atoms with E-state index in [9.17, 15) is 24.0 Å². The molecule has 0 saturated heterocycles. The molecule has 4 N–H and O–H groups in total. The smallest absolute Gasteiger partial charge is 0.261 e. The van der Waals surface area contributed by atoms with Crippen molar-refractivity contribution in [1.29, 1.82) is 0 Å². The van der Waals surface area contributed by atoms with E-state index < -0.39 is 22.0 Å². The van der Waals surface area contributed by atoms with Gasteiger partial charge in [-0.25, -0.2) is 0 Å². The monoisotopic (exact) mass is 417 g/mol. The lowest BCUT2D eigenvalue weighted by Gasteiger charge is -2.13. The molecule has 3 aromatic carbocycles. The molecule has 0 aliphatic rings. The molecule has 1 aromatic heterocycles. The second-order valence-corrected chi connectivity index (χ2v) is 7.51. The minimum atomic E-state index is -0.722. The lowest BCUT2D eigenvalue weighted by molar-refractivity contribution is -0.115. The number of nitrogens with one attached hydrogen (secondary N) is 2. The molecule has 0 fully saturated rings. The number of hydrogen-bond donors (Lipinski definition) is 3. The molecule has 0 bridgehead atoms. The zero-order chi connectivity index (χ0) is 22.4. The number of fused-ring (bicyclic) bond motifs is 3. The Labute approximate surface area is 174 Å². The Morgan fingerprint density at radius 2 is 1.55 bits per heavy atom. The van der Waals surface area contributed by atoms with Gasteiger partial charge in [-0.1, -0.05) is 30.8 Å². The number of allylic oxidation sites excluding steroid dienone is 1. The van der Waals surface area contributed by atoms with Gasteiger partial charge >= 0.3 is 0 Å². The molecule has 0 radical (unpaired) electrons. The summed E-state index contributed by atoms with van der Waals surface area (Å²) >= 11 is 0. The summed E-state index contributed by atoms with van der Waals surface area (Å²) in [5.41, 5.74) is 4.10. The standard InChI is InChI=1S/C23H19N3O5/c1-10(2)13(27)8-5-9-25-19-16-14(18(24)15-17(19)23(31)26-22(15)30)20(28)11-6-3-4-7-12(11)21(16)29/h3-4,6-7,25H,1,5,8-9,24H2,2H3,(H,26,30,31). The first-order valence-electron chi connectivity index (χ1n) is 9.70. The lowest BCUT2D eigenvalue weighted by Crippen LogP contribution is -2.18. The molecular weight excluding hydrogens is 398 g/mol. The van der Waals surface area contributed by atoms with Crippen LogP contribution in [0, 0.1) is 0 Å². The molecule has 4 rings (SSSR count). The molecule has 0 aliphatic heterocycles. The summed E-state index contributed by atoms with van der Waals surface area (Å²) < 4.78 is 0. The largest absolute Gasteiger partial charge is 0.397 e. The van der Waals surface area contributed by atoms with Crippen LogP contribution >= 0.6 is 0 Å². The van der Waals surface area contributed by atoms with Gasteiger partial charge in [0.1, 0.15) is 0 Å². The molecule has 0 aliphatic carbocycles. The number of H-pyrrole nitrogens is 1. The number of aromatic amines is 1. The fraction of sp³-hybridized carbons (Fsp3) is 0.174. The Morgan fingerprint density at radius 1 is 0.968 bits per heavy atom. The first-order chi connectivity index (χ1) is 14.7. The van der Waals surface area contributed by atoms with Crippen LogP contribution in [0.5, 0.6) is 0 Å². The number of carbonyl (C=O) groups excluding carboxylic acids is 1. The first-order valence-corrected chi connectivity index (χ1v) is 9.70. The maximum absolute atomic E-state index is 13.3. The van der Waals surface area contributed by atoms with Gasteiger partial charge in [-0.15, -0.1) is 0 Å². The number of nitrogen functional groups attached to an aromatic ring is 1. The van der Waals surface area contributed by atoms with E-state index in [1.54, 1.807) is 19.1 Å². The molecule has 0 spiro atoms. The van der Waals surface area contributed by atoms with Crippen molar-refractivity contribution in [3.63, 3.8) is 0 Å². The average molecular weight is 417 g/mol. The van der Waals surface area contributed by atoms with E-state index in [0.29, 0.717) is 12.0 Å². The van der Waals surface area contributed by atoms with Crippen molar-refractivity contribution in [3.05, 3.63) is 77.6 Å². The number of Topliss-reactive ketones (excluding diaryl/α,β-unsaturated/α-hetero) is 1. The van der Waals surface area contributed by atoms with Crippen LogP contribution in [-0.2, 0) is 4.79 Å². The molecule has 31 heavy (non-hydrogen) atoms. The Bertz CT molecular complexity index is 1620. The van der Waals surface area contributed by atoms with Crippen LogP contribution in [0.2, 0.25) is 0 Å². The minimum Gasteiger partial charge on any atom is -0.397 e. The predicted molar refractivity (Wildman–Crippen MR) is 123 cm³/mol. The first kappa shape index (κ1) is 20.2. The van der Waals surface area contributed by atoms with Crippen LogP contribution in [0.25, 0.3) is 32.3 Å². The Hall–Kier alpha value is -4.07. The van der Waals surface area contributed by atoms with Crippen LogP contribution in [0.1, 0.15) is 19.8 Å². The topological polar surface area (TPSA) is 139 Å². The summed E-state index contributed by atoms with van der Waals surface area (Å²) in [5, 5.41) is 3.09. The third kappa shape index (κ3) is 3.04. The highest BCUT2D eigenvalue weighted by molar-refractivity contribution is 6.21. The van der Waals surface area contributed by atoms with Gasteiger partial charge in [-0.3, -0.25) is 29.0 Å². The van der Waals surface area contributed by atoms with E-state index in [1.165, 1.54) is 12.1 Å². The molecule has 0 atom stereocenters. The lowest BCUT2D eigenvalue weighted by atomic mass is 9.96. The number of benzene rings is 3. The fourth-order valence-electron chi connectivity index (χ4n) is 3.92. The molecule has 0 saturated carbocycles. The van der Waals surface area contributed by atoms with Gasteiger partial charge in [0.25, 0.3) is 11.1 Å². The van der Waals surface area contributed by atoms with Crippen molar-refractivity contribution >= 4 is 49.5 Å². The summed E-state index contributed by atoms with van der Waals surface area (Å²) in [6, 6.07) is 6.32. The summed E-state index contributed by atoms with van der Waals surface area (Å²) in [6.07, 6.45) is 0.621. The third-order valence-electron chi connectivity index (χ3n) is 5.45. The van der Waals surface area contributed by atoms with Crippen molar-refractivity contribution in [2.24, 2.45) is 0 Å². The van der Waals surface area contributed by atoms with Gasteiger partial charge in [0.05, 0.1) is 32.9 Å². The quantitative estimate of drug-likeness (QED) is 0.143. The molecule has 4 aromatic rings. The Morgan fingerprint density at radius 3 is 2.16 bits per heavy atom. The van der Waals surface area contributed by atoms with Crippen molar-refractivity contribution in [2.75, 3.05) is 17.6 Å². The van der Waals surface area contributed by atoms with E-state index in [4.69, 9.17) is 5.73 Å². The SMILES string of the molecule is C=C(C)C(=O)CCCNc1c2c(=O)[nH]c(=O)c2c(N)c2c(=O)c3ccccc3c(=O)c12. The average Bonchev–Trinajstić information content (AvgIpc) is 3.04. The number of carbonyl (C=O) groups is 1. The highest BCUT2D eigenvalue weighted by Crippen LogP contribution is 2.33. The molecule has 1 heterocycles. The fourth-order valence-corrected chi connectivity index (χ4v) is 3.92. The molecule has 0 unspecified atom stereocenters. The van der Waals surface area contributed by atoms with Crippen molar-refractivity contribution in [1.82, 2.24) is 4.98 Å². The van der Waals surface area contributed by atoms with E-state index >= 15 is 0 Å². The number of nitrogens with two attached hydrogens (primary N) is 1. The number of anilines is 2. The Balaban J connectivity index is 2.03. The number of rotatable bonds is 6. The zero-order valence-electron chi connectivity index (χ0n) is 16.8. The highest BCUT2D eigenvalue weighted by Gasteiger charge is 2.24. The second kappa shape index (κ2) is 7.32. The summed E-state index contributed by atoms with van der Waals surface area (Å²) in [7, 11) is 0. The van der Waals surface area contributed by atoms with Gasteiger partial charge < -0.3 is 11.1 Å². The van der Waals surface area contributed by atoms with Crippen LogP contribution < -0.4 is 33.0 Å². The normalized spacial score (nSPS) is 11.4.